The molecule has 100 valence electrons. The largest absolute Gasteiger partial charge is 0.480 e. The van der Waals surface area contributed by atoms with Gasteiger partial charge < -0.3 is 15.2 Å². The standard InChI is InChI=1S/C14H21NO3/c1-4-12(14(17)15-9-11(3)16)18-13-8-6-5-7-10(13)2/h5-8,11-12,16H,4,9H2,1-3H3,(H,15,17). The summed E-state index contributed by atoms with van der Waals surface area (Å²) < 4.78 is 5.69. The first-order valence-electron chi connectivity index (χ1n) is 6.22. The molecule has 0 aliphatic heterocycles. The Balaban J connectivity index is 2.62. The molecule has 2 atom stereocenters. The van der Waals surface area contributed by atoms with E-state index in [2.05, 4.69) is 5.32 Å². The third kappa shape index (κ3) is 4.37. The molecular weight excluding hydrogens is 230 g/mol. The van der Waals surface area contributed by atoms with Gasteiger partial charge in [-0.15, -0.1) is 0 Å². The second-order valence-electron chi connectivity index (χ2n) is 4.37. The Morgan fingerprint density at radius 3 is 2.67 bits per heavy atom. The lowest BCUT2D eigenvalue weighted by atomic mass is 10.2. The lowest BCUT2D eigenvalue weighted by Gasteiger charge is -2.19. The van der Waals surface area contributed by atoms with Crippen LogP contribution in [-0.4, -0.2) is 29.8 Å². The number of aliphatic hydroxyl groups excluding tert-OH is 1. The molecule has 0 saturated carbocycles. The number of hydrogen-bond donors (Lipinski definition) is 2. The molecule has 0 aromatic heterocycles. The maximum absolute atomic E-state index is 11.8. The molecule has 2 unspecified atom stereocenters. The average molecular weight is 251 g/mol. The number of amides is 1. The van der Waals surface area contributed by atoms with Gasteiger partial charge in [-0.3, -0.25) is 4.79 Å². The fourth-order valence-electron chi connectivity index (χ4n) is 1.53. The smallest absolute Gasteiger partial charge is 0.261 e. The normalized spacial score (nSPS) is 13.8. The van der Waals surface area contributed by atoms with Gasteiger partial charge >= 0.3 is 0 Å². The van der Waals surface area contributed by atoms with E-state index in [-0.39, 0.29) is 12.5 Å². The van der Waals surface area contributed by atoms with E-state index in [1.165, 1.54) is 0 Å². The summed E-state index contributed by atoms with van der Waals surface area (Å²) in [5.41, 5.74) is 0.999. The Kier molecular flexibility index (Phi) is 5.65. The van der Waals surface area contributed by atoms with E-state index in [1.807, 2.05) is 38.1 Å². The van der Waals surface area contributed by atoms with Gasteiger partial charge in [-0.25, -0.2) is 0 Å². The predicted molar refractivity (Wildman–Crippen MR) is 70.6 cm³/mol. The van der Waals surface area contributed by atoms with Crippen LogP contribution in [0.3, 0.4) is 0 Å². The van der Waals surface area contributed by atoms with Crippen molar-refractivity contribution in [2.24, 2.45) is 0 Å². The van der Waals surface area contributed by atoms with E-state index in [0.717, 1.165) is 11.3 Å². The monoisotopic (exact) mass is 251 g/mol. The Morgan fingerprint density at radius 1 is 1.44 bits per heavy atom. The Labute approximate surface area is 108 Å². The molecule has 0 aliphatic rings. The van der Waals surface area contributed by atoms with Crippen molar-refractivity contribution < 1.29 is 14.6 Å². The molecule has 0 aliphatic carbocycles. The summed E-state index contributed by atoms with van der Waals surface area (Å²) >= 11 is 0. The number of rotatable bonds is 6. The highest BCUT2D eigenvalue weighted by molar-refractivity contribution is 5.81. The number of carbonyl (C=O) groups excluding carboxylic acids is 1. The van der Waals surface area contributed by atoms with Crippen LogP contribution < -0.4 is 10.1 Å². The molecule has 4 nitrogen and oxygen atoms in total. The summed E-state index contributed by atoms with van der Waals surface area (Å²) in [6.07, 6.45) is -0.491. The number of nitrogens with one attached hydrogen (secondary N) is 1. The summed E-state index contributed by atoms with van der Waals surface area (Å²) in [6.45, 7) is 5.70. The zero-order valence-corrected chi connectivity index (χ0v) is 11.1. The van der Waals surface area contributed by atoms with Crippen molar-refractivity contribution >= 4 is 5.91 Å². The lowest BCUT2D eigenvalue weighted by molar-refractivity contribution is -0.128. The van der Waals surface area contributed by atoms with Crippen LogP contribution in [0.1, 0.15) is 25.8 Å². The molecule has 0 radical (unpaired) electrons. The fourth-order valence-corrected chi connectivity index (χ4v) is 1.53. The quantitative estimate of drug-likeness (QED) is 0.808. The van der Waals surface area contributed by atoms with Gasteiger partial charge in [0.2, 0.25) is 0 Å². The summed E-state index contributed by atoms with van der Waals surface area (Å²) in [7, 11) is 0. The molecule has 0 fully saturated rings. The highest BCUT2D eigenvalue weighted by atomic mass is 16.5. The zero-order valence-electron chi connectivity index (χ0n) is 11.1. The molecule has 0 saturated heterocycles. The topological polar surface area (TPSA) is 58.6 Å². The van der Waals surface area contributed by atoms with Gasteiger partial charge in [0.1, 0.15) is 5.75 Å². The molecule has 1 rings (SSSR count). The van der Waals surface area contributed by atoms with Gasteiger partial charge in [0.05, 0.1) is 6.10 Å². The molecule has 2 N–H and O–H groups in total. The number of para-hydroxylation sites is 1. The Bertz CT molecular complexity index is 390. The number of ether oxygens (including phenoxy) is 1. The number of benzene rings is 1. The van der Waals surface area contributed by atoms with Gasteiger partial charge in [-0.2, -0.15) is 0 Å². The van der Waals surface area contributed by atoms with E-state index < -0.39 is 12.2 Å². The minimum atomic E-state index is -0.551. The zero-order chi connectivity index (χ0) is 13.5. The van der Waals surface area contributed by atoms with Crippen molar-refractivity contribution in [3.05, 3.63) is 29.8 Å². The summed E-state index contributed by atoms with van der Waals surface area (Å²) in [6, 6.07) is 7.59. The van der Waals surface area contributed by atoms with Crippen LogP contribution >= 0.6 is 0 Å². The van der Waals surface area contributed by atoms with Crippen LogP contribution in [0.5, 0.6) is 5.75 Å². The lowest BCUT2D eigenvalue weighted by Crippen LogP contribution is -2.41. The van der Waals surface area contributed by atoms with Crippen molar-refractivity contribution in [2.45, 2.75) is 39.4 Å². The number of aryl methyl sites for hydroxylation is 1. The number of carbonyl (C=O) groups is 1. The molecular formula is C14H21NO3. The molecule has 0 bridgehead atoms. The van der Waals surface area contributed by atoms with Gasteiger partial charge in [0, 0.05) is 6.54 Å². The van der Waals surface area contributed by atoms with Gasteiger partial charge in [0.15, 0.2) is 6.10 Å². The third-order valence-corrected chi connectivity index (χ3v) is 2.60. The average Bonchev–Trinajstić information content (AvgIpc) is 2.35. The van der Waals surface area contributed by atoms with E-state index >= 15 is 0 Å². The van der Waals surface area contributed by atoms with Crippen LogP contribution in [0, 0.1) is 6.92 Å². The fraction of sp³-hybridized carbons (Fsp3) is 0.500. The highest BCUT2D eigenvalue weighted by Gasteiger charge is 2.18. The van der Waals surface area contributed by atoms with Crippen molar-refractivity contribution in [3.63, 3.8) is 0 Å². The third-order valence-electron chi connectivity index (χ3n) is 2.60. The van der Waals surface area contributed by atoms with E-state index in [0.29, 0.717) is 6.42 Å². The maximum Gasteiger partial charge on any atom is 0.261 e. The van der Waals surface area contributed by atoms with Gasteiger partial charge in [-0.05, 0) is 31.9 Å². The minimum absolute atomic E-state index is 0.193. The first-order chi connectivity index (χ1) is 8.54. The van der Waals surface area contributed by atoms with E-state index in [9.17, 15) is 4.79 Å². The molecule has 1 aromatic rings. The molecule has 0 heterocycles. The second kappa shape index (κ2) is 7.01. The van der Waals surface area contributed by atoms with Crippen LogP contribution in [0.15, 0.2) is 24.3 Å². The van der Waals surface area contributed by atoms with Gasteiger partial charge in [0.25, 0.3) is 5.91 Å². The SMILES string of the molecule is CCC(Oc1ccccc1C)C(=O)NCC(C)O. The molecule has 18 heavy (non-hydrogen) atoms. The highest BCUT2D eigenvalue weighted by Crippen LogP contribution is 2.18. The van der Waals surface area contributed by atoms with E-state index in [1.54, 1.807) is 6.92 Å². The number of aliphatic hydroxyl groups is 1. The Morgan fingerprint density at radius 2 is 2.11 bits per heavy atom. The van der Waals surface area contributed by atoms with Crippen LogP contribution in [-0.2, 0) is 4.79 Å². The molecule has 0 spiro atoms. The number of hydrogen-bond acceptors (Lipinski definition) is 3. The van der Waals surface area contributed by atoms with Crippen molar-refractivity contribution in [2.75, 3.05) is 6.54 Å². The molecule has 1 amide bonds. The van der Waals surface area contributed by atoms with Gasteiger partial charge in [-0.1, -0.05) is 25.1 Å². The van der Waals surface area contributed by atoms with Crippen LogP contribution in [0.25, 0.3) is 0 Å². The van der Waals surface area contributed by atoms with E-state index in [4.69, 9.17) is 9.84 Å². The van der Waals surface area contributed by atoms with Crippen molar-refractivity contribution in [1.29, 1.82) is 0 Å². The van der Waals surface area contributed by atoms with Crippen LogP contribution in [0.2, 0.25) is 0 Å². The van der Waals surface area contributed by atoms with Crippen LogP contribution in [0.4, 0.5) is 0 Å². The molecule has 1 aromatic carbocycles. The first-order valence-corrected chi connectivity index (χ1v) is 6.22. The first kappa shape index (κ1) is 14.5. The predicted octanol–water partition coefficient (Wildman–Crippen LogP) is 1.65. The second-order valence-corrected chi connectivity index (χ2v) is 4.37. The summed E-state index contributed by atoms with van der Waals surface area (Å²) in [5, 5.41) is 11.8. The van der Waals surface area contributed by atoms with Crippen molar-refractivity contribution in [1.82, 2.24) is 5.32 Å². The maximum atomic E-state index is 11.8. The van der Waals surface area contributed by atoms with Crippen molar-refractivity contribution in [3.8, 4) is 5.75 Å². The summed E-state index contributed by atoms with van der Waals surface area (Å²) in [5.74, 6) is 0.526. The summed E-state index contributed by atoms with van der Waals surface area (Å²) in [4.78, 5) is 11.8. The Hall–Kier alpha value is -1.55. The molecule has 4 heteroatoms. The minimum Gasteiger partial charge on any atom is -0.480 e.